The summed E-state index contributed by atoms with van der Waals surface area (Å²) in [6.07, 6.45) is 3.01. The van der Waals surface area contributed by atoms with Crippen molar-refractivity contribution < 1.29 is 62.4 Å². The van der Waals surface area contributed by atoms with Crippen molar-refractivity contribution in [2.24, 2.45) is 0 Å². The lowest BCUT2D eigenvalue weighted by atomic mass is 10.1. The molecule has 0 aliphatic carbocycles. The molecule has 0 spiro atoms. The number of ether oxygens (including phenoxy) is 8. The molecule has 17 heteroatoms. The van der Waals surface area contributed by atoms with Crippen LogP contribution in [0.3, 0.4) is 0 Å². The van der Waals surface area contributed by atoms with Crippen LogP contribution in [0.15, 0.2) is 36.4 Å². The van der Waals surface area contributed by atoms with E-state index in [1.165, 1.54) is 31.4 Å². The van der Waals surface area contributed by atoms with Crippen molar-refractivity contribution in [2.45, 2.75) is 38.8 Å². The third-order valence-corrected chi connectivity index (χ3v) is 6.51. The Hall–Kier alpha value is -4.10. The van der Waals surface area contributed by atoms with E-state index in [1.807, 2.05) is 0 Å². The highest BCUT2D eigenvalue weighted by molar-refractivity contribution is 5.94. The molecule has 2 aromatic rings. The lowest BCUT2D eigenvalue weighted by Gasteiger charge is -2.22. The standard InChI is InChI=1S/C18H25NO8.C13H17NO7/c1-23-18(20)15-6-5-14(12-16(15)19(21)22)13-25-9-8-24-10-11-27-17-4-2-3-7-26-17;1-19-13(16)11-3-2-10(8-12(11)14(17)18)9-21-7-6-20-5-4-15/h5-6,12,17H,2-4,7-11,13H2,1H3;2-3,8,15H,4-7,9H2,1H3. The predicted molar refractivity (Wildman–Crippen MR) is 166 cm³/mol. The van der Waals surface area contributed by atoms with Gasteiger partial charge in [-0.05, 0) is 42.5 Å². The van der Waals surface area contributed by atoms with Crippen LogP contribution >= 0.6 is 0 Å². The monoisotopic (exact) mass is 682 g/mol. The van der Waals surface area contributed by atoms with Crippen LogP contribution in [0.5, 0.6) is 0 Å². The molecule has 0 saturated carbocycles. The highest BCUT2D eigenvalue weighted by Crippen LogP contribution is 2.23. The van der Waals surface area contributed by atoms with Gasteiger partial charge in [0, 0.05) is 18.7 Å². The Bertz CT molecular complexity index is 1300. The van der Waals surface area contributed by atoms with Crippen molar-refractivity contribution in [1.82, 2.24) is 0 Å². The number of hydrogen-bond donors (Lipinski definition) is 1. The predicted octanol–water partition coefficient (Wildman–Crippen LogP) is 3.36. The van der Waals surface area contributed by atoms with E-state index in [0.717, 1.165) is 33.0 Å². The largest absolute Gasteiger partial charge is 0.465 e. The fraction of sp³-hybridized carbons (Fsp3) is 0.548. The fourth-order valence-electron chi connectivity index (χ4n) is 4.17. The van der Waals surface area contributed by atoms with Crippen LogP contribution in [0, 0.1) is 20.2 Å². The number of rotatable bonds is 20. The molecule has 1 unspecified atom stereocenters. The Morgan fingerprint density at radius 2 is 1.23 bits per heavy atom. The van der Waals surface area contributed by atoms with Gasteiger partial charge in [0.15, 0.2) is 6.29 Å². The van der Waals surface area contributed by atoms with Crippen LogP contribution in [0.1, 0.15) is 51.1 Å². The van der Waals surface area contributed by atoms with Gasteiger partial charge >= 0.3 is 11.9 Å². The van der Waals surface area contributed by atoms with Crippen LogP contribution in [0.2, 0.25) is 0 Å². The lowest BCUT2D eigenvalue weighted by Crippen LogP contribution is -2.24. The number of hydrogen-bond acceptors (Lipinski definition) is 15. The second-order valence-electron chi connectivity index (χ2n) is 9.92. The molecule has 17 nitrogen and oxygen atoms in total. The summed E-state index contributed by atoms with van der Waals surface area (Å²) in [5, 5.41) is 30.6. The number of nitro groups is 2. The van der Waals surface area contributed by atoms with E-state index < -0.39 is 21.8 Å². The summed E-state index contributed by atoms with van der Waals surface area (Å²) in [6.45, 7) is 3.53. The zero-order chi connectivity index (χ0) is 35.1. The minimum Gasteiger partial charge on any atom is -0.465 e. The topological polar surface area (TPSA) is 214 Å². The van der Waals surface area contributed by atoms with Gasteiger partial charge < -0.3 is 43.0 Å². The number of nitro benzene ring substituents is 2. The van der Waals surface area contributed by atoms with Gasteiger partial charge in [-0.25, -0.2) is 9.59 Å². The van der Waals surface area contributed by atoms with E-state index in [-0.39, 0.29) is 55.2 Å². The van der Waals surface area contributed by atoms with E-state index in [4.69, 9.17) is 33.5 Å². The molecule has 1 aliphatic heterocycles. The quantitative estimate of drug-likeness (QED) is 0.0917. The van der Waals surface area contributed by atoms with Gasteiger partial charge in [0.05, 0.1) is 90.1 Å². The highest BCUT2D eigenvalue weighted by atomic mass is 16.7. The minimum atomic E-state index is -0.758. The van der Waals surface area contributed by atoms with Crippen molar-refractivity contribution in [1.29, 1.82) is 0 Å². The zero-order valence-corrected chi connectivity index (χ0v) is 27.0. The summed E-state index contributed by atoms with van der Waals surface area (Å²) < 4.78 is 41.2. The first-order valence-electron chi connectivity index (χ1n) is 15.1. The smallest absolute Gasteiger partial charge is 0.344 e. The number of nitrogens with zero attached hydrogens (tertiary/aromatic N) is 2. The maximum absolute atomic E-state index is 11.5. The van der Waals surface area contributed by atoms with Gasteiger partial charge in [-0.15, -0.1) is 0 Å². The summed E-state index contributed by atoms with van der Waals surface area (Å²) in [5.74, 6) is -1.50. The molecule has 48 heavy (non-hydrogen) atoms. The van der Waals surface area contributed by atoms with Crippen molar-refractivity contribution >= 4 is 23.3 Å². The van der Waals surface area contributed by atoms with Gasteiger partial charge in [-0.3, -0.25) is 20.2 Å². The van der Waals surface area contributed by atoms with Crippen LogP contribution in [0.4, 0.5) is 11.4 Å². The van der Waals surface area contributed by atoms with Crippen molar-refractivity contribution in [2.75, 3.05) is 73.7 Å². The minimum absolute atomic E-state index is 0.0544. The van der Waals surface area contributed by atoms with Crippen LogP contribution < -0.4 is 0 Å². The van der Waals surface area contributed by atoms with E-state index in [2.05, 4.69) is 9.47 Å². The summed E-state index contributed by atoms with van der Waals surface area (Å²) in [5.41, 5.74) is 0.346. The Balaban J connectivity index is 0.000000345. The first-order chi connectivity index (χ1) is 23.2. The van der Waals surface area contributed by atoms with Crippen LogP contribution in [0.25, 0.3) is 0 Å². The highest BCUT2D eigenvalue weighted by Gasteiger charge is 2.22. The van der Waals surface area contributed by atoms with Crippen LogP contribution in [-0.4, -0.2) is 107 Å². The van der Waals surface area contributed by atoms with Gasteiger partial charge in [0.2, 0.25) is 0 Å². The van der Waals surface area contributed by atoms with E-state index in [0.29, 0.717) is 50.8 Å². The number of aliphatic hydroxyl groups is 1. The number of benzene rings is 2. The average molecular weight is 683 g/mol. The first kappa shape index (κ1) is 40.1. The SMILES string of the molecule is COC(=O)c1ccc(COCCOCCO)cc1[N+](=O)[O-].COC(=O)c1ccc(COCCOCCOC2CCCCO2)cc1[N+](=O)[O-]. The van der Waals surface area contributed by atoms with Crippen molar-refractivity contribution in [3.8, 4) is 0 Å². The molecule has 1 saturated heterocycles. The number of carbonyl (C=O) groups is 2. The number of methoxy groups -OCH3 is 2. The molecule has 1 N–H and O–H groups in total. The molecule has 0 radical (unpaired) electrons. The van der Waals surface area contributed by atoms with Gasteiger partial charge in [0.1, 0.15) is 11.1 Å². The second kappa shape index (κ2) is 23.3. The maximum atomic E-state index is 11.5. The van der Waals surface area contributed by atoms with E-state index >= 15 is 0 Å². The molecule has 1 atom stereocenters. The third kappa shape index (κ3) is 14.8. The summed E-state index contributed by atoms with van der Waals surface area (Å²) in [7, 11) is 2.34. The fourth-order valence-corrected chi connectivity index (χ4v) is 4.17. The molecule has 2 aromatic carbocycles. The molecule has 0 amide bonds. The Kier molecular flexibility index (Phi) is 19.4. The summed E-state index contributed by atoms with van der Waals surface area (Å²) in [6, 6.07) is 8.45. The Morgan fingerprint density at radius 3 is 1.67 bits per heavy atom. The molecule has 0 aromatic heterocycles. The average Bonchev–Trinajstić information content (AvgIpc) is 3.10. The maximum Gasteiger partial charge on any atom is 0.344 e. The number of aliphatic hydroxyl groups excluding tert-OH is 1. The summed E-state index contributed by atoms with van der Waals surface area (Å²) in [4.78, 5) is 43.8. The van der Waals surface area contributed by atoms with Gasteiger partial charge in [-0.1, -0.05) is 12.1 Å². The van der Waals surface area contributed by atoms with E-state index in [9.17, 15) is 29.8 Å². The molecule has 0 bridgehead atoms. The van der Waals surface area contributed by atoms with Gasteiger partial charge in [0.25, 0.3) is 11.4 Å². The third-order valence-electron chi connectivity index (χ3n) is 6.51. The molecule has 1 heterocycles. The van der Waals surface area contributed by atoms with Crippen molar-refractivity contribution in [3.05, 3.63) is 78.9 Å². The molecule has 266 valence electrons. The first-order valence-corrected chi connectivity index (χ1v) is 15.1. The number of esters is 2. The number of carbonyl (C=O) groups excluding carboxylic acids is 2. The Morgan fingerprint density at radius 1 is 0.750 bits per heavy atom. The van der Waals surface area contributed by atoms with E-state index in [1.54, 1.807) is 12.1 Å². The van der Waals surface area contributed by atoms with Crippen LogP contribution in [-0.2, 0) is 51.1 Å². The lowest BCUT2D eigenvalue weighted by molar-refractivity contribution is -0.385. The molecule has 3 rings (SSSR count). The molecular weight excluding hydrogens is 640 g/mol. The molecular formula is C31H42N2O15. The molecule has 1 fully saturated rings. The second-order valence-corrected chi connectivity index (χ2v) is 9.92. The normalized spacial score (nSPS) is 14.0. The Labute approximate surface area is 277 Å². The molecule has 1 aliphatic rings. The zero-order valence-electron chi connectivity index (χ0n) is 27.0. The van der Waals surface area contributed by atoms with Gasteiger partial charge in [-0.2, -0.15) is 0 Å². The van der Waals surface area contributed by atoms with Crippen molar-refractivity contribution in [3.63, 3.8) is 0 Å². The summed E-state index contributed by atoms with van der Waals surface area (Å²) >= 11 is 0.